The molecule has 0 spiro atoms. The first-order chi connectivity index (χ1) is 4.81. The predicted octanol–water partition coefficient (Wildman–Crippen LogP) is 1.86. The normalized spacial score (nSPS) is 13.1. The highest BCUT2D eigenvalue weighted by Gasteiger charge is 2.14. The lowest BCUT2D eigenvalue weighted by Gasteiger charge is -2.27. The van der Waals surface area contributed by atoms with Crippen molar-refractivity contribution in [3.63, 3.8) is 0 Å². The molecule has 0 saturated carbocycles. The Morgan fingerprint density at radius 1 is 1.27 bits per heavy atom. The van der Waals surface area contributed by atoms with E-state index in [9.17, 15) is 0 Å². The Bertz CT molecular complexity index is 103. The van der Waals surface area contributed by atoms with Crippen LogP contribution in [0.1, 0.15) is 34.6 Å². The Morgan fingerprint density at radius 3 is 2.00 bits per heavy atom. The second-order valence-corrected chi connectivity index (χ2v) is 4.88. The van der Waals surface area contributed by atoms with Gasteiger partial charge >= 0.3 is 0 Å². The highest BCUT2D eigenvalue weighted by Crippen LogP contribution is 2.13. The average Bonchev–Trinajstić information content (AvgIpc) is 1.53. The monoisotopic (exact) mass is 158 g/mol. The van der Waals surface area contributed by atoms with Crippen LogP contribution in [0, 0.1) is 11.3 Å². The molecule has 0 amide bonds. The zero-order valence-corrected chi connectivity index (χ0v) is 8.52. The van der Waals surface area contributed by atoms with E-state index in [0.29, 0.717) is 11.3 Å². The fourth-order valence-electron chi connectivity index (χ4n) is 1.14. The molecule has 0 aromatic heterocycles. The van der Waals surface area contributed by atoms with Crippen LogP contribution in [0.2, 0.25) is 0 Å². The second-order valence-electron chi connectivity index (χ2n) is 4.88. The third-order valence-electron chi connectivity index (χ3n) is 1.28. The largest absolute Gasteiger partial charge is 0.269 e. The van der Waals surface area contributed by atoms with Crippen molar-refractivity contribution < 1.29 is 0 Å². The lowest BCUT2D eigenvalue weighted by atomic mass is 9.96. The Kier molecular flexibility index (Phi) is 4.04. The van der Waals surface area contributed by atoms with E-state index in [1.165, 1.54) is 0 Å². The molecule has 0 heterocycles. The van der Waals surface area contributed by atoms with Gasteiger partial charge in [-0.15, -0.1) is 0 Å². The maximum Gasteiger partial charge on any atom is 0.0177 e. The van der Waals surface area contributed by atoms with Gasteiger partial charge in [0.1, 0.15) is 0 Å². The van der Waals surface area contributed by atoms with Crippen LogP contribution in [0.25, 0.3) is 0 Å². The Balaban J connectivity index is 3.61. The summed E-state index contributed by atoms with van der Waals surface area (Å²) in [6, 6.07) is 0. The van der Waals surface area contributed by atoms with E-state index in [4.69, 9.17) is 5.84 Å². The molecule has 2 heteroatoms. The smallest absolute Gasteiger partial charge is 0.0177 e. The van der Waals surface area contributed by atoms with Gasteiger partial charge in [0.25, 0.3) is 0 Å². The van der Waals surface area contributed by atoms with Crippen molar-refractivity contribution in [1.82, 2.24) is 5.01 Å². The number of hydrazine groups is 1. The lowest BCUT2D eigenvalue weighted by Crippen LogP contribution is -2.40. The summed E-state index contributed by atoms with van der Waals surface area (Å²) < 4.78 is 0. The van der Waals surface area contributed by atoms with Crippen molar-refractivity contribution in [3.05, 3.63) is 0 Å². The van der Waals surface area contributed by atoms with Gasteiger partial charge in [0, 0.05) is 13.1 Å². The third kappa shape index (κ3) is 7.82. The zero-order chi connectivity index (χ0) is 9.07. The van der Waals surface area contributed by atoms with Crippen molar-refractivity contribution >= 4 is 0 Å². The van der Waals surface area contributed by atoms with E-state index < -0.39 is 0 Å². The van der Waals surface area contributed by atoms with Crippen molar-refractivity contribution in [2.45, 2.75) is 34.6 Å². The molecule has 0 aromatic rings. The third-order valence-corrected chi connectivity index (χ3v) is 1.28. The Morgan fingerprint density at radius 2 is 1.73 bits per heavy atom. The first-order valence-electron chi connectivity index (χ1n) is 4.31. The zero-order valence-electron chi connectivity index (χ0n) is 8.52. The number of hydrogen-bond donors (Lipinski definition) is 1. The van der Waals surface area contributed by atoms with Crippen LogP contribution in [0.15, 0.2) is 0 Å². The van der Waals surface area contributed by atoms with Crippen LogP contribution >= 0.6 is 0 Å². The van der Waals surface area contributed by atoms with Gasteiger partial charge in [0.05, 0.1) is 0 Å². The summed E-state index contributed by atoms with van der Waals surface area (Å²) in [5.41, 5.74) is 0.309. The van der Waals surface area contributed by atoms with Crippen LogP contribution in [0.4, 0.5) is 0 Å². The highest BCUT2D eigenvalue weighted by molar-refractivity contribution is 4.65. The van der Waals surface area contributed by atoms with Crippen molar-refractivity contribution in [2.75, 3.05) is 13.1 Å². The van der Waals surface area contributed by atoms with Crippen molar-refractivity contribution in [2.24, 2.45) is 17.2 Å². The maximum atomic E-state index is 5.79. The molecular formula is C9H22N2. The molecule has 0 atom stereocenters. The quantitative estimate of drug-likeness (QED) is 0.502. The molecule has 68 valence electrons. The summed E-state index contributed by atoms with van der Waals surface area (Å²) in [6.07, 6.45) is 0. The van der Waals surface area contributed by atoms with Crippen LogP contribution < -0.4 is 5.84 Å². The maximum absolute atomic E-state index is 5.79. The van der Waals surface area contributed by atoms with E-state index in [2.05, 4.69) is 34.6 Å². The minimum absolute atomic E-state index is 0.309. The lowest BCUT2D eigenvalue weighted by molar-refractivity contribution is 0.177. The van der Waals surface area contributed by atoms with E-state index in [0.717, 1.165) is 13.1 Å². The van der Waals surface area contributed by atoms with Gasteiger partial charge in [-0.3, -0.25) is 5.84 Å². The van der Waals surface area contributed by atoms with E-state index in [1.807, 2.05) is 5.01 Å². The molecular weight excluding hydrogens is 136 g/mol. The average molecular weight is 158 g/mol. The number of nitrogens with two attached hydrogens (primary N) is 1. The van der Waals surface area contributed by atoms with Gasteiger partial charge in [0.15, 0.2) is 0 Å². The van der Waals surface area contributed by atoms with Gasteiger partial charge in [-0.2, -0.15) is 0 Å². The molecule has 0 aliphatic heterocycles. The summed E-state index contributed by atoms with van der Waals surface area (Å²) in [5, 5.41) is 1.91. The molecule has 0 radical (unpaired) electrons. The standard InChI is InChI=1S/C9H22N2/c1-8(2)6-11(10)7-9(3,4)5/h8H,6-7,10H2,1-5H3. The topological polar surface area (TPSA) is 29.3 Å². The van der Waals surface area contributed by atoms with Gasteiger partial charge < -0.3 is 0 Å². The molecule has 0 fully saturated rings. The van der Waals surface area contributed by atoms with E-state index in [1.54, 1.807) is 0 Å². The molecule has 0 aromatic carbocycles. The SMILES string of the molecule is CC(C)CN(N)CC(C)(C)C. The van der Waals surface area contributed by atoms with Gasteiger partial charge in [-0.25, -0.2) is 5.01 Å². The van der Waals surface area contributed by atoms with Crippen molar-refractivity contribution in [1.29, 1.82) is 0 Å². The predicted molar refractivity (Wildman–Crippen MR) is 50.1 cm³/mol. The molecule has 0 unspecified atom stereocenters. The molecule has 0 aliphatic rings. The van der Waals surface area contributed by atoms with Crippen molar-refractivity contribution in [3.8, 4) is 0 Å². The molecule has 11 heavy (non-hydrogen) atoms. The van der Waals surface area contributed by atoms with Gasteiger partial charge in [-0.05, 0) is 11.3 Å². The molecule has 0 rings (SSSR count). The van der Waals surface area contributed by atoms with Gasteiger partial charge in [-0.1, -0.05) is 34.6 Å². The van der Waals surface area contributed by atoms with Gasteiger partial charge in [0.2, 0.25) is 0 Å². The molecule has 2 nitrogen and oxygen atoms in total. The highest BCUT2D eigenvalue weighted by atomic mass is 15.4. The summed E-state index contributed by atoms with van der Waals surface area (Å²) in [6.45, 7) is 12.9. The molecule has 0 aliphatic carbocycles. The van der Waals surface area contributed by atoms with E-state index in [-0.39, 0.29) is 0 Å². The number of hydrogen-bond acceptors (Lipinski definition) is 2. The first-order valence-corrected chi connectivity index (χ1v) is 4.31. The fourth-order valence-corrected chi connectivity index (χ4v) is 1.14. The summed E-state index contributed by atoms with van der Waals surface area (Å²) in [4.78, 5) is 0. The molecule has 0 bridgehead atoms. The number of rotatable bonds is 3. The minimum Gasteiger partial charge on any atom is -0.269 e. The molecule has 2 N–H and O–H groups in total. The fraction of sp³-hybridized carbons (Fsp3) is 1.00. The van der Waals surface area contributed by atoms with Crippen LogP contribution in [0.3, 0.4) is 0 Å². The summed E-state index contributed by atoms with van der Waals surface area (Å²) >= 11 is 0. The van der Waals surface area contributed by atoms with Crippen LogP contribution in [-0.4, -0.2) is 18.1 Å². The Hall–Kier alpha value is -0.0800. The summed E-state index contributed by atoms with van der Waals surface area (Å²) in [7, 11) is 0. The Labute approximate surface area is 70.7 Å². The first kappa shape index (κ1) is 10.9. The number of nitrogens with zero attached hydrogens (tertiary/aromatic N) is 1. The minimum atomic E-state index is 0.309. The second kappa shape index (κ2) is 4.07. The van der Waals surface area contributed by atoms with E-state index >= 15 is 0 Å². The summed E-state index contributed by atoms with van der Waals surface area (Å²) in [5.74, 6) is 6.45. The van der Waals surface area contributed by atoms with Crippen LogP contribution in [0.5, 0.6) is 0 Å². The van der Waals surface area contributed by atoms with Crippen LogP contribution in [-0.2, 0) is 0 Å². The molecule has 0 saturated heterocycles.